The second kappa shape index (κ2) is 6.91. The Hall–Kier alpha value is -3.56. The molecule has 0 bridgehead atoms. The highest BCUT2D eigenvalue weighted by atomic mass is 16.6. The summed E-state index contributed by atoms with van der Waals surface area (Å²) < 4.78 is 5.05. The Morgan fingerprint density at radius 3 is 2.32 bits per heavy atom. The Morgan fingerprint density at radius 1 is 1.20 bits per heavy atom. The lowest BCUT2D eigenvalue weighted by atomic mass is 10.2. The number of aromatic carboxylic acids is 1. The number of rotatable bonds is 5. The number of anilines is 1. The van der Waals surface area contributed by atoms with E-state index in [0.717, 1.165) is 6.07 Å². The summed E-state index contributed by atoms with van der Waals surface area (Å²) in [7, 11) is 1.33. The molecule has 1 amide bonds. The van der Waals surface area contributed by atoms with Gasteiger partial charge in [-0.3, -0.25) is 14.9 Å². The third-order valence-corrected chi connectivity index (χ3v) is 3.37. The van der Waals surface area contributed by atoms with Gasteiger partial charge in [0.1, 0.15) is 5.75 Å². The highest BCUT2D eigenvalue weighted by molar-refractivity contribution is 6.09. The van der Waals surface area contributed by atoms with Gasteiger partial charge in [-0.1, -0.05) is 0 Å². The van der Waals surface area contributed by atoms with Crippen molar-refractivity contribution in [3.05, 3.63) is 51.1 Å². The number of hydrogen-bond acceptors (Lipinski definition) is 7. The van der Waals surface area contributed by atoms with E-state index < -0.39 is 28.2 Å². The molecule has 1 aromatic carbocycles. The van der Waals surface area contributed by atoms with Crippen LogP contribution in [0, 0.1) is 24.0 Å². The molecule has 10 nitrogen and oxygen atoms in total. The van der Waals surface area contributed by atoms with Gasteiger partial charge in [-0.05, 0) is 19.9 Å². The van der Waals surface area contributed by atoms with Gasteiger partial charge in [0.05, 0.1) is 29.1 Å². The van der Waals surface area contributed by atoms with Gasteiger partial charge in [0.25, 0.3) is 11.6 Å². The molecule has 0 fully saturated rings. The van der Waals surface area contributed by atoms with Crippen LogP contribution < -0.4 is 10.1 Å². The van der Waals surface area contributed by atoms with Gasteiger partial charge in [-0.15, -0.1) is 0 Å². The number of ether oxygens (including phenoxy) is 1. The molecule has 0 saturated carbocycles. The first-order valence-electron chi connectivity index (χ1n) is 6.97. The molecule has 25 heavy (non-hydrogen) atoms. The highest BCUT2D eigenvalue weighted by Crippen LogP contribution is 2.29. The summed E-state index contributed by atoms with van der Waals surface area (Å²) in [6.45, 7) is 3.15. The number of non-ortho nitro benzene ring substituents is 1. The summed E-state index contributed by atoms with van der Waals surface area (Å²) in [6.07, 6.45) is 0. The van der Waals surface area contributed by atoms with Crippen molar-refractivity contribution in [1.29, 1.82) is 0 Å². The quantitative estimate of drug-likeness (QED) is 0.617. The van der Waals surface area contributed by atoms with Crippen molar-refractivity contribution in [1.82, 2.24) is 9.97 Å². The van der Waals surface area contributed by atoms with E-state index in [1.54, 1.807) is 13.8 Å². The number of amides is 1. The number of aromatic nitrogens is 2. The van der Waals surface area contributed by atoms with Crippen LogP contribution in [0.1, 0.15) is 32.4 Å². The molecule has 1 aromatic heterocycles. The average Bonchev–Trinajstić information content (AvgIpc) is 2.56. The average molecular weight is 346 g/mol. The van der Waals surface area contributed by atoms with Crippen LogP contribution in [0.15, 0.2) is 18.2 Å². The topological polar surface area (TPSA) is 145 Å². The van der Waals surface area contributed by atoms with E-state index >= 15 is 0 Å². The predicted octanol–water partition coefficient (Wildman–Crippen LogP) is 1.96. The van der Waals surface area contributed by atoms with Gasteiger partial charge in [0, 0.05) is 12.1 Å². The largest absolute Gasteiger partial charge is 0.495 e. The van der Waals surface area contributed by atoms with Crippen LogP contribution in [-0.2, 0) is 0 Å². The molecule has 2 rings (SSSR count). The van der Waals surface area contributed by atoms with Crippen LogP contribution in [0.25, 0.3) is 0 Å². The van der Waals surface area contributed by atoms with Crippen molar-refractivity contribution in [3.63, 3.8) is 0 Å². The molecule has 0 spiro atoms. The van der Waals surface area contributed by atoms with Crippen molar-refractivity contribution in [2.75, 3.05) is 12.4 Å². The number of carbonyl (C=O) groups is 2. The van der Waals surface area contributed by atoms with Gasteiger partial charge in [-0.25, -0.2) is 14.8 Å². The first-order valence-corrected chi connectivity index (χ1v) is 6.97. The van der Waals surface area contributed by atoms with Crippen molar-refractivity contribution >= 4 is 23.3 Å². The second-order valence-electron chi connectivity index (χ2n) is 4.99. The lowest BCUT2D eigenvalue weighted by Gasteiger charge is -2.11. The Balaban J connectivity index is 2.47. The van der Waals surface area contributed by atoms with Crippen molar-refractivity contribution in [2.45, 2.75) is 13.8 Å². The smallest absolute Gasteiger partial charge is 0.356 e. The monoisotopic (exact) mass is 346 g/mol. The highest BCUT2D eigenvalue weighted by Gasteiger charge is 2.23. The maximum Gasteiger partial charge on any atom is 0.356 e. The maximum absolute atomic E-state index is 12.4. The maximum atomic E-state index is 12.4. The number of carboxylic acids is 1. The molecular weight excluding hydrogens is 332 g/mol. The van der Waals surface area contributed by atoms with Crippen LogP contribution in [0.2, 0.25) is 0 Å². The van der Waals surface area contributed by atoms with E-state index in [9.17, 15) is 24.8 Å². The molecule has 130 valence electrons. The molecule has 0 aliphatic carbocycles. The van der Waals surface area contributed by atoms with E-state index in [4.69, 9.17) is 4.74 Å². The number of aryl methyl sites for hydroxylation is 2. The SMILES string of the molecule is COc1ccc([N+](=O)[O-])cc1NC(=O)c1nc(C)c(C)nc1C(=O)O. The zero-order valence-corrected chi connectivity index (χ0v) is 13.6. The van der Waals surface area contributed by atoms with Crippen LogP contribution in [0.3, 0.4) is 0 Å². The van der Waals surface area contributed by atoms with Gasteiger partial charge in [0.2, 0.25) is 0 Å². The molecular formula is C15H14N4O6. The summed E-state index contributed by atoms with van der Waals surface area (Å²) in [5, 5.41) is 22.5. The first kappa shape index (κ1) is 17.8. The van der Waals surface area contributed by atoms with E-state index in [2.05, 4.69) is 15.3 Å². The van der Waals surface area contributed by atoms with Crippen LogP contribution in [0.5, 0.6) is 5.75 Å². The minimum Gasteiger partial charge on any atom is -0.495 e. The number of hydrogen-bond donors (Lipinski definition) is 2. The second-order valence-corrected chi connectivity index (χ2v) is 4.99. The lowest BCUT2D eigenvalue weighted by molar-refractivity contribution is -0.384. The Bertz CT molecular complexity index is 881. The first-order chi connectivity index (χ1) is 11.7. The van der Waals surface area contributed by atoms with Crippen LogP contribution in [0.4, 0.5) is 11.4 Å². The molecule has 0 unspecified atom stereocenters. The number of methoxy groups -OCH3 is 1. The van der Waals surface area contributed by atoms with E-state index in [-0.39, 0.29) is 17.1 Å². The van der Waals surface area contributed by atoms with Crippen molar-refractivity contribution in [2.24, 2.45) is 0 Å². The number of nitrogens with one attached hydrogen (secondary N) is 1. The predicted molar refractivity (Wildman–Crippen MR) is 86.1 cm³/mol. The van der Waals surface area contributed by atoms with E-state index in [1.165, 1.54) is 19.2 Å². The van der Waals surface area contributed by atoms with Crippen LogP contribution >= 0.6 is 0 Å². The molecule has 0 saturated heterocycles. The third-order valence-electron chi connectivity index (χ3n) is 3.37. The number of benzene rings is 1. The fourth-order valence-electron chi connectivity index (χ4n) is 2.00. The lowest BCUT2D eigenvalue weighted by Crippen LogP contribution is -2.21. The fraction of sp³-hybridized carbons (Fsp3) is 0.200. The zero-order valence-electron chi connectivity index (χ0n) is 13.6. The van der Waals surface area contributed by atoms with Gasteiger partial charge >= 0.3 is 5.97 Å². The normalized spacial score (nSPS) is 10.2. The van der Waals surface area contributed by atoms with Crippen molar-refractivity contribution < 1.29 is 24.4 Å². The Labute approximate surface area is 141 Å². The Kier molecular flexibility index (Phi) is 4.92. The standard InChI is InChI=1S/C15H14N4O6/c1-7-8(2)17-13(15(21)22)12(16-7)14(20)18-10-6-9(19(23)24)4-5-11(10)25-3/h4-6H,1-3H3,(H,18,20)(H,21,22). The molecule has 1 heterocycles. The summed E-state index contributed by atoms with van der Waals surface area (Å²) in [5.74, 6) is -2.11. The fourth-order valence-corrected chi connectivity index (χ4v) is 2.00. The molecule has 0 aliphatic heterocycles. The summed E-state index contributed by atoms with van der Waals surface area (Å²) in [6, 6.07) is 3.64. The number of carbonyl (C=O) groups excluding carboxylic acids is 1. The third kappa shape index (κ3) is 3.68. The van der Waals surface area contributed by atoms with E-state index in [0.29, 0.717) is 11.4 Å². The number of nitro benzene ring substituents is 1. The molecule has 0 aliphatic rings. The number of nitrogens with zero attached hydrogens (tertiary/aromatic N) is 3. The minimum absolute atomic E-state index is 0.0121. The molecule has 0 atom stereocenters. The number of carboxylic acid groups (broad SMARTS) is 1. The van der Waals surface area contributed by atoms with E-state index in [1.807, 2.05) is 0 Å². The Morgan fingerprint density at radius 2 is 1.80 bits per heavy atom. The molecule has 0 radical (unpaired) electrons. The van der Waals surface area contributed by atoms with Crippen LogP contribution in [-0.4, -0.2) is 39.0 Å². The number of nitro groups is 1. The van der Waals surface area contributed by atoms with Crippen molar-refractivity contribution in [3.8, 4) is 5.75 Å². The zero-order chi connectivity index (χ0) is 18.7. The summed E-state index contributed by atoms with van der Waals surface area (Å²) in [4.78, 5) is 41.9. The van der Waals surface area contributed by atoms with Gasteiger partial charge in [-0.2, -0.15) is 0 Å². The molecule has 2 N–H and O–H groups in total. The molecule has 2 aromatic rings. The summed E-state index contributed by atoms with van der Waals surface area (Å²) >= 11 is 0. The van der Waals surface area contributed by atoms with Gasteiger partial charge in [0.15, 0.2) is 11.4 Å². The summed E-state index contributed by atoms with van der Waals surface area (Å²) in [5.41, 5.74) is -0.393. The molecule has 10 heteroatoms. The minimum atomic E-state index is -1.41. The van der Waals surface area contributed by atoms with Gasteiger partial charge < -0.3 is 15.2 Å².